The van der Waals surface area contributed by atoms with Crippen LogP contribution in [0.3, 0.4) is 0 Å². The standard InChI is InChI=1S/C27H38N2O4/c1-3-5-7-16-32-24-12-10-22(26(30)18-24)20-28-14-9-15-29-21-23-11-13-25(19-27(23)31)33-17-8-6-4-2/h10-13,18-21,30-31H,3-9,14-17H2,1-2H3. The van der Waals surface area contributed by atoms with Gasteiger partial charge in [0.2, 0.25) is 0 Å². The van der Waals surface area contributed by atoms with Crippen molar-refractivity contribution >= 4 is 12.4 Å². The summed E-state index contributed by atoms with van der Waals surface area (Å²) in [6, 6.07) is 10.6. The number of phenolic OH excluding ortho intramolecular Hbond substituents is 2. The second-order valence-corrected chi connectivity index (χ2v) is 7.98. The van der Waals surface area contributed by atoms with Gasteiger partial charge in [-0.25, -0.2) is 0 Å². The van der Waals surface area contributed by atoms with Crippen molar-refractivity contribution in [2.45, 2.75) is 58.8 Å². The first kappa shape index (κ1) is 26.2. The molecule has 0 aliphatic carbocycles. The molecule has 2 aromatic rings. The van der Waals surface area contributed by atoms with Gasteiger partial charge in [0.1, 0.15) is 23.0 Å². The third-order valence-electron chi connectivity index (χ3n) is 5.07. The molecular weight excluding hydrogens is 416 g/mol. The molecule has 0 bridgehead atoms. The fraction of sp³-hybridized carbons (Fsp3) is 0.481. The fourth-order valence-electron chi connectivity index (χ4n) is 3.11. The molecule has 6 nitrogen and oxygen atoms in total. The van der Waals surface area contributed by atoms with Crippen LogP contribution in [0, 0.1) is 0 Å². The Morgan fingerprint density at radius 3 is 1.52 bits per heavy atom. The second kappa shape index (κ2) is 15.7. The van der Waals surface area contributed by atoms with Crippen LogP contribution in [-0.4, -0.2) is 48.9 Å². The normalized spacial score (nSPS) is 11.5. The largest absolute Gasteiger partial charge is 0.507 e. The summed E-state index contributed by atoms with van der Waals surface area (Å²) in [5.74, 6) is 1.68. The van der Waals surface area contributed by atoms with Crippen LogP contribution in [0.4, 0.5) is 0 Å². The number of aliphatic imine (C=N–C) groups is 2. The van der Waals surface area contributed by atoms with Gasteiger partial charge in [-0.2, -0.15) is 0 Å². The van der Waals surface area contributed by atoms with E-state index in [1.54, 1.807) is 24.6 Å². The topological polar surface area (TPSA) is 83.6 Å². The maximum absolute atomic E-state index is 10.2. The van der Waals surface area contributed by atoms with Crippen LogP contribution >= 0.6 is 0 Å². The third-order valence-corrected chi connectivity index (χ3v) is 5.07. The fourth-order valence-corrected chi connectivity index (χ4v) is 3.11. The maximum atomic E-state index is 10.2. The van der Waals surface area contributed by atoms with Crippen LogP contribution in [0.5, 0.6) is 23.0 Å². The van der Waals surface area contributed by atoms with Crippen molar-refractivity contribution in [3.05, 3.63) is 47.5 Å². The number of hydrogen-bond donors (Lipinski definition) is 2. The van der Waals surface area contributed by atoms with Crippen molar-refractivity contribution < 1.29 is 19.7 Å². The van der Waals surface area contributed by atoms with Crippen molar-refractivity contribution in [1.29, 1.82) is 0 Å². The van der Waals surface area contributed by atoms with Gasteiger partial charge in [0, 0.05) is 48.8 Å². The molecular formula is C27H38N2O4. The molecule has 0 radical (unpaired) electrons. The van der Waals surface area contributed by atoms with Crippen molar-refractivity contribution in [2.75, 3.05) is 26.3 Å². The Bertz CT molecular complexity index is 809. The molecule has 0 atom stereocenters. The van der Waals surface area contributed by atoms with E-state index >= 15 is 0 Å². The van der Waals surface area contributed by atoms with Crippen LogP contribution in [-0.2, 0) is 0 Å². The van der Waals surface area contributed by atoms with E-state index in [4.69, 9.17) is 9.47 Å². The first-order valence-electron chi connectivity index (χ1n) is 12.0. The van der Waals surface area contributed by atoms with Crippen molar-refractivity contribution in [1.82, 2.24) is 0 Å². The van der Waals surface area contributed by atoms with E-state index in [1.165, 1.54) is 0 Å². The van der Waals surface area contributed by atoms with Gasteiger partial charge in [-0.15, -0.1) is 0 Å². The van der Waals surface area contributed by atoms with Gasteiger partial charge >= 0.3 is 0 Å². The summed E-state index contributed by atoms with van der Waals surface area (Å²) in [6.45, 7) is 6.83. The van der Waals surface area contributed by atoms with Gasteiger partial charge in [-0.05, 0) is 43.5 Å². The third kappa shape index (κ3) is 10.4. The summed E-state index contributed by atoms with van der Waals surface area (Å²) in [4.78, 5) is 8.74. The monoisotopic (exact) mass is 454 g/mol. The summed E-state index contributed by atoms with van der Waals surface area (Å²) >= 11 is 0. The summed E-state index contributed by atoms with van der Waals surface area (Å²) in [6.07, 6.45) is 10.7. The summed E-state index contributed by atoms with van der Waals surface area (Å²) < 4.78 is 11.3. The van der Waals surface area contributed by atoms with Crippen molar-refractivity contribution in [3.8, 4) is 23.0 Å². The highest BCUT2D eigenvalue weighted by atomic mass is 16.5. The number of aromatic hydroxyl groups is 2. The highest BCUT2D eigenvalue weighted by molar-refractivity contribution is 5.84. The van der Waals surface area contributed by atoms with E-state index in [0.29, 0.717) is 48.9 Å². The van der Waals surface area contributed by atoms with Crippen molar-refractivity contribution in [3.63, 3.8) is 0 Å². The molecule has 180 valence electrons. The second-order valence-electron chi connectivity index (χ2n) is 7.98. The Balaban J connectivity index is 1.70. The quantitative estimate of drug-likeness (QED) is 0.235. The Morgan fingerprint density at radius 1 is 0.667 bits per heavy atom. The van der Waals surface area contributed by atoms with Crippen LogP contribution in [0.25, 0.3) is 0 Å². The van der Waals surface area contributed by atoms with E-state index < -0.39 is 0 Å². The molecule has 2 N–H and O–H groups in total. The van der Waals surface area contributed by atoms with E-state index in [0.717, 1.165) is 44.9 Å². The van der Waals surface area contributed by atoms with E-state index in [2.05, 4.69) is 23.8 Å². The smallest absolute Gasteiger partial charge is 0.128 e. The van der Waals surface area contributed by atoms with Gasteiger partial charge in [0.25, 0.3) is 0 Å². The minimum absolute atomic E-state index is 0.165. The highest BCUT2D eigenvalue weighted by Crippen LogP contribution is 2.23. The zero-order chi connectivity index (χ0) is 23.7. The van der Waals surface area contributed by atoms with Crippen LogP contribution in [0.15, 0.2) is 46.4 Å². The average Bonchev–Trinajstić information content (AvgIpc) is 2.81. The number of ether oxygens (including phenoxy) is 2. The minimum Gasteiger partial charge on any atom is -0.507 e. The predicted octanol–water partition coefficient (Wildman–Crippen LogP) is 6.16. The Kier molecular flexibility index (Phi) is 12.5. The molecule has 0 amide bonds. The summed E-state index contributed by atoms with van der Waals surface area (Å²) in [5.41, 5.74) is 1.34. The Morgan fingerprint density at radius 2 is 1.12 bits per heavy atom. The molecule has 0 aromatic heterocycles. The van der Waals surface area contributed by atoms with E-state index in [-0.39, 0.29) is 11.5 Å². The molecule has 0 heterocycles. The van der Waals surface area contributed by atoms with Crippen LogP contribution in [0.1, 0.15) is 69.9 Å². The predicted molar refractivity (Wildman–Crippen MR) is 136 cm³/mol. The molecule has 2 aromatic carbocycles. The van der Waals surface area contributed by atoms with Gasteiger partial charge < -0.3 is 19.7 Å². The van der Waals surface area contributed by atoms with Gasteiger partial charge in [0.05, 0.1) is 13.2 Å². The molecule has 0 saturated heterocycles. The molecule has 6 heteroatoms. The van der Waals surface area contributed by atoms with Crippen LogP contribution < -0.4 is 9.47 Å². The summed E-state index contributed by atoms with van der Waals surface area (Å²) in [5, 5.41) is 20.3. The SMILES string of the molecule is CCCCCOc1ccc(C=NCCCN=Cc2ccc(OCCCCC)cc2O)c(O)c1. The first-order chi connectivity index (χ1) is 16.1. The molecule has 0 aliphatic rings. The lowest BCUT2D eigenvalue weighted by molar-refractivity contribution is 0.304. The van der Waals surface area contributed by atoms with E-state index in [9.17, 15) is 10.2 Å². The van der Waals surface area contributed by atoms with E-state index in [1.807, 2.05) is 24.3 Å². The molecule has 2 rings (SSSR count). The zero-order valence-corrected chi connectivity index (χ0v) is 20.0. The maximum Gasteiger partial charge on any atom is 0.128 e. The highest BCUT2D eigenvalue weighted by Gasteiger charge is 2.03. The lowest BCUT2D eigenvalue weighted by Crippen LogP contribution is -1.97. The Hall–Kier alpha value is -3.02. The number of unbranched alkanes of at least 4 members (excludes halogenated alkanes) is 4. The molecule has 0 fully saturated rings. The lowest BCUT2D eigenvalue weighted by atomic mass is 10.2. The first-order valence-corrected chi connectivity index (χ1v) is 12.0. The van der Waals surface area contributed by atoms with Crippen molar-refractivity contribution in [2.24, 2.45) is 9.98 Å². The number of nitrogens with zero attached hydrogens (tertiary/aromatic N) is 2. The number of phenols is 2. The number of hydrogen-bond acceptors (Lipinski definition) is 6. The zero-order valence-electron chi connectivity index (χ0n) is 20.0. The molecule has 33 heavy (non-hydrogen) atoms. The molecule has 0 saturated carbocycles. The van der Waals surface area contributed by atoms with Gasteiger partial charge in [0.15, 0.2) is 0 Å². The minimum atomic E-state index is 0.165. The van der Waals surface area contributed by atoms with Gasteiger partial charge in [-0.3, -0.25) is 9.98 Å². The average molecular weight is 455 g/mol. The number of rotatable bonds is 16. The van der Waals surface area contributed by atoms with Crippen LogP contribution in [0.2, 0.25) is 0 Å². The Labute approximate surface area is 198 Å². The molecule has 0 spiro atoms. The molecule has 0 unspecified atom stereocenters. The lowest BCUT2D eigenvalue weighted by Gasteiger charge is -2.07. The number of benzene rings is 2. The molecule has 0 aliphatic heterocycles. The summed E-state index contributed by atoms with van der Waals surface area (Å²) in [7, 11) is 0. The van der Waals surface area contributed by atoms with Gasteiger partial charge in [-0.1, -0.05) is 39.5 Å².